The van der Waals surface area contributed by atoms with Gasteiger partial charge < -0.3 is 0 Å². The van der Waals surface area contributed by atoms with Crippen molar-refractivity contribution < 1.29 is 9.00 Å². The molecule has 4 heteroatoms. The van der Waals surface area contributed by atoms with Crippen molar-refractivity contribution in [1.29, 1.82) is 0 Å². The predicted octanol–water partition coefficient (Wildman–Crippen LogP) is 5.19. The number of rotatable bonds is 6. The smallest absolute Gasteiger partial charge is 0.232 e. The van der Waals surface area contributed by atoms with Crippen LogP contribution in [-0.4, -0.2) is 14.7 Å². The Hall–Kier alpha value is -2.46. The Bertz CT molecular complexity index is 897. The minimum atomic E-state index is -1.38. The van der Waals surface area contributed by atoms with Crippen molar-refractivity contribution in [3.8, 4) is 0 Å². The molecule has 2 aromatic carbocycles. The van der Waals surface area contributed by atoms with Gasteiger partial charge in [-0.3, -0.25) is 9.36 Å². The van der Waals surface area contributed by atoms with E-state index in [4.69, 9.17) is 0 Å². The summed E-state index contributed by atoms with van der Waals surface area (Å²) in [4.78, 5) is 13.6. The largest absolute Gasteiger partial charge is 0.279 e. The number of aryl methyl sites for hydroxylation is 1. The van der Waals surface area contributed by atoms with E-state index in [9.17, 15) is 9.00 Å². The Morgan fingerprint density at radius 1 is 1.00 bits per heavy atom. The van der Waals surface area contributed by atoms with Crippen molar-refractivity contribution in [3.63, 3.8) is 0 Å². The fourth-order valence-electron chi connectivity index (χ4n) is 3.04. The highest BCUT2D eigenvalue weighted by Gasteiger charge is 2.20. The molecule has 0 bridgehead atoms. The molecule has 0 saturated heterocycles. The van der Waals surface area contributed by atoms with Gasteiger partial charge in [-0.15, -0.1) is 0 Å². The first-order valence-corrected chi connectivity index (χ1v) is 9.99. The summed E-state index contributed by atoms with van der Waals surface area (Å²) >= 11 is 0. The summed E-state index contributed by atoms with van der Waals surface area (Å²) in [7, 11) is -1.38. The third kappa shape index (κ3) is 4.02. The van der Waals surface area contributed by atoms with Crippen LogP contribution in [-0.2, 0) is 10.8 Å². The minimum absolute atomic E-state index is 0.0267. The van der Waals surface area contributed by atoms with Crippen LogP contribution in [0.4, 0.5) is 0 Å². The first kappa shape index (κ1) is 18.3. The summed E-state index contributed by atoms with van der Waals surface area (Å²) in [6, 6.07) is 21.2. The number of hydrogen-bond acceptors (Lipinski definition) is 2. The van der Waals surface area contributed by atoms with Crippen molar-refractivity contribution in [2.45, 2.75) is 42.5 Å². The molecule has 0 aliphatic rings. The molecule has 0 fully saturated rings. The SMILES string of the molecule is CC[C@H](CC(=O)n1cccc1S(=O)c1ccc(C)cc1)c1ccccc1. The van der Waals surface area contributed by atoms with E-state index in [2.05, 4.69) is 19.1 Å². The zero-order valence-electron chi connectivity index (χ0n) is 15.1. The average Bonchev–Trinajstić information content (AvgIpc) is 3.16. The van der Waals surface area contributed by atoms with Crippen LogP contribution in [0, 0.1) is 6.92 Å². The lowest BCUT2D eigenvalue weighted by molar-refractivity contribution is 0.0882. The van der Waals surface area contributed by atoms with E-state index in [0.717, 1.165) is 17.5 Å². The molecule has 0 aliphatic carbocycles. The lowest BCUT2D eigenvalue weighted by Gasteiger charge is -2.16. The highest BCUT2D eigenvalue weighted by atomic mass is 32.2. The fraction of sp³-hybridized carbons (Fsp3) is 0.227. The van der Waals surface area contributed by atoms with E-state index in [1.807, 2.05) is 49.4 Å². The van der Waals surface area contributed by atoms with Gasteiger partial charge >= 0.3 is 0 Å². The van der Waals surface area contributed by atoms with Gasteiger partial charge in [0.25, 0.3) is 0 Å². The summed E-state index contributed by atoms with van der Waals surface area (Å²) in [5, 5.41) is 0.529. The summed E-state index contributed by atoms with van der Waals surface area (Å²) < 4.78 is 14.5. The molecule has 3 nitrogen and oxygen atoms in total. The van der Waals surface area contributed by atoms with E-state index in [1.165, 1.54) is 0 Å². The third-order valence-electron chi connectivity index (χ3n) is 4.59. The molecule has 0 amide bonds. The van der Waals surface area contributed by atoms with Gasteiger partial charge in [0.2, 0.25) is 5.91 Å². The highest BCUT2D eigenvalue weighted by molar-refractivity contribution is 7.85. The van der Waals surface area contributed by atoms with E-state index < -0.39 is 10.8 Å². The van der Waals surface area contributed by atoms with Crippen molar-refractivity contribution in [3.05, 3.63) is 84.1 Å². The minimum Gasteiger partial charge on any atom is -0.279 e. The summed E-state index contributed by atoms with van der Waals surface area (Å²) in [6.45, 7) is 4.08. The maximum atomic E-state index is 12.9. The third-order valence-corrected chi connectivity index (χ3v) is 6.00. The van der Waals surface area contributed by atoms with Gasteiger partial charge in [0.05, 0.1) is 0 Å². The molecular formula is C22H23NO2S. The Morgan fingerprint density at radius 2 is 1.69 bits per heavy atom. The first-order chi connectivity index (χ1) is 12.6. The van der Waals surface area contributed by atoms with Gasteiger partial charge in [0, 0.05) is 17.5 Å². The van der Waals surface area contributed by atoms with Crippen LogP contribution in [0.3, 0.4) is 0 Å². The highest BCUT2D eigenvalue weighted by Crippen LogP contribution is 2.25. The van der Waals surface area contributed by atoms with Gasteiger partial charge in [-0.05, 0) is 49.1 Å². The van der Waals surface area contributed by atoms with Crippen LogP contribution >= 0.6 is 0 Å². The molecule has 0 aliphatic heterocycles. The van der Waals surface area contributed by atoms with Gasteiger partial charge in [0.15, 0.2) is 0 Å². The van der Waals surface area contributed by atoms with E-state index in [0.29, 0.717) is 16.3 Å². The maximum absolute atomic E-state index is 12.9. The molecule has 134 valence electrons. The summed E-state index contributed by atoms with van der Waals surface area (Å²) in [5.74, 6) is 0.132. The molecule has 0 N–H and O–H groups in total. The summed E-state index contributed by atoms with van der Waals surface area (Å²) in [5.41, 5.74) is 2.28. The number of benzene rings is 2. The van der Waals surface area contributed by atoms with Crippen LogP contribution in [0.1, 0.15) is 41.6 Å². The van der Waals surface area contributed by atoms with Gasteiger partial charge in [-0.25, -0.2) is 4.21 Å². The Morgan fingerprint density at radius 3 is 2.35 bits per heavy atom. The molecule has 26 heavy (non-hydrogen) atoms. The maximum Gasteiger partial charge on any atom is 0.232 e. The molecule has 2 atom stereocenters. The normalized spacial score (nSPS) is 13.3. The van der Waals surface area contributed by atoms with Crippen LogP contribution in [0.5, 0.6) is 0 Å². The van der Waals surface area contributed by atoms with E-state index in [-0.39, 0.29) is 11.8 Å². The molecule has 0 spiro atoms. The molecule has 1 aromatic heterocycles. The van der Waals surface area contributed by atoms with Crippen molar-refractivity contribution in [1.82, 2.24) is 4.57 Å². The molecule has 0 saturated carbocycles. The van der Waals surface area contributed by atoms with Crippen LogP contribution in [0.15, 0.2) is 82.8 Å². The number of nitrogens with zero attached hydrogens (tertiary/aromatic N) is 1. The zero-order valence-corrected chi connectivity index (χ0v) is 15.9. The second-order valence-electron chi connectivity index (χ2n) is 6.41. The predicted molar refractivity (Wildman–Crippen MR) is 105 cm³/mol. The van der Waals surface area contributed by atoms with Crippen LogP contribution < -0.4 is 0 Å². The first-order valence-electron chi connectivity index (χ1n) is 8.84. The molecule has 3 aromatic rings. The van der Waals surface area contributed by atoms with Crippen molar-refractivity contribution in [2.75, 3.05) is 0 Å². The topological polar surface area (TPSA) is 39.1 Å². The Balaban J connectivity index is 1.82. The van der Waals surface area contributed by atoms with Gasteiger partial charge in [-0.2, -0.15) is 0 Å². The number of aromatic nitrogens is 1. The molecule has 0 radical (unpaired) electrons. The molecular weight excluding hydrogens is 342 g/mol. The second kappa shape index (κ2) is 8.28. The Labute approximate surface area is 157 Å². The lowest BCUT2D eigenvalue weighted by atomic mass is 9.93. The average molecular weight is 365 g/mol. The van der Waals surface area contributed by atoms with E-state index in [1.54, 1.807) is 22.9 Å². The number of carbonyl (C=O) groups excluding carboxylic acids is 1. The van der Waals surface area contributed by atoms with Crippen LogP contribution in [0.25, 0.3) is 0 Å². The van der Waals surface area contributed by atoms with Gasteiger partial charge in [-0.1, -0.05) is 55.0 Å². The summed E-state index contributed by atoms with van der Waals surface area (Å²) in [6.07, 6.45) is 2.99. The number of hydrogen-bond donors (Lipinski definition) is 0. The Kier molecular flexibility index (Phi) is 5.84. The van der Waals surface area contributed by atoms with Crippen molar-refractivity contribution >= 4 is 16.7 Å². The van der Waals surface area contributed by atoms with E-state index >= 15 is 0 Å². The monoisotopic (exact) mass is 365 g/mol. The van der Waals surface area contributed by atoms with Crippen LogP contribution in [0.2, 0.25) is 0 Å². The zero-order chi connectivity index (χ0) is 18.5. The van der Waals surface area contributed by atoms with Crippen molar-refractivity contribution in [2.24, 2.45) is 0 Å². The fourth-order valence-corrected chi connectivity index (χ4v) is 4.21. The lowest BCUT2D eigenvalue weighted by Crippen LogP contribution is -2.16. The van der Waals surface area contributed by atoms with Gasteiger partial charge in [0.1, 0.15) is 15.8 Å². The quantitative estimate of drug-likeness (QED) is 0.603. The standard InChI is InChI=1S/C22H23NO2S/c1-3-18(19-8-5-4-6-9-19)16-21(24)23-15-7-10-22(23)26(25)20-13-11-17(2)12-14-20/h4-15,18H,3,16H2,1-2H3/t18-,26?/m1/s1. The number of carbonyl (C=O) groups is 1. The molecule has 1 unspecified atom stereocenters. The molecule has 1 heterocycles. The molecule has 3 rings (SSSR count). The second-order valence-corrected chi connectivity index (χ2v) is 7.84.